The van der Waals surface area contributed by atoms with Crippen LogP contribution in [0.4, 0.5) is 0 Å². The standard InChI is InChI=1S/C15H26BrN3/c1-4-13-9-7-6-8-10-18(13)11-14-15(16)12(3)17-19(14)5-2/h13H,4-11H2,1-3H3. The summed E-state index contributed by atoms with van der Waals surface area (Å²) in [6.45, 7) is 9.79. The number of aryl methyl sites for hydroxylation is 2. The minimum absolute atomic E-state index is 0.745. The summed E-state index contributed by atoms with van der Waals surface area (Å²) < 4.78 is 3.35. The molecule has 108 valence electrons. The summed E-state index contributed by atoms with van der Waals surface area (Å²) in [5.41, 5.74) is 2.46. The quantitative estimate of drug-likeness (QED) is 0.829. The van der Waals surface area contributed by atoms with E-state index < -0.39 is 0 Å². The first-order valence-corrected chi connectivity index (χ1v) is 8.42. The number of rotatable bonds is 4. The third kappa shape index (κ3) is 3.40. The summed E-state index contributed by atoms with van der Waals surface area (Å²) in [4.78, 5) is 2.67. The van der Waals surface area contributed by atoms with Gasteiger partial charge in [-0.25, -0.2) is 0 Å². The average Bonchev–Trinajstić information content (AvgIpc) is 2.60. The van der Waals surface area contributed by atoms with E-state index in [2.05, 4.69) is 51.4 Å². The summed E-state index contributed by atoms with van der Waals surface area (Å²) in [7, 11) is 0. The van der Waals surface area contributed by atoms with Crippen molar-refractivity contribution < 1.29 is 0 Å². The van der Waals surface area contributed by atoms with Crippen molar-refractivity contribution in [1.82, 2.24) is 14.7 Å². The van der Waals surface area contributed by atoms with Crippen molar-refractivity contribution in [2.75, 3.05) is 6.54 Å². The Morgan fingerprint density at radius 1 is 1.26 bits per heavy atom. The van der Waals surface area contributed by atoms with Crippen LogP contribution in [0.5, 0.6) is 0 Å². The Hall–Kier alpha value is -0.350. The Balaban J connectivity index is 2.18. The molecule has 0 bridgehead atoms. The fourth-order valence-electron chi connectivity index (χ4n) is 3.12. The van der Waals surface area contributed by atoms with Crippen molar-refractivity contribution in [2.24, 2.45) is 0 Å². The normalized spacial score (nSPS) is 21.6. The zero-order valence-electron chi connectivity index (χ0n) is 12.5. The highest BCUT2D eigenvalue weighted by molar-refractivity contribution is 9.10. The van der Waals surface area contributed by atoms with E-state index in [0.29, 0.717) is 0 Å². The average molecular weight is 328 g/mol. The van der Waals surface area contributed by atoms with Crippen LogP contribution < -0.4 is 0 Å². The maximum absolute atomic E-state index is 4.61. The van der Waals surface area contributed by atoms with Crippen LogP contribution in [0.1, 0.15) is 57.3 Å². The van der Waals surface area contributed by atoms with E-state index in [1.165, 1.54) is 48.8 Å². The predicted molar refractivity (Wildman–Crippen MR) is 83.3 cm³/mol. The Morgan fingerprint density at radius 3 is 2.74 bits per heavy atom. The third-order valence-electron chi connectivity index (χ3n) is 4.28. The largest absolute Gasteiger partial charge is 0.295 e. The van der Waals surface area contributed by atoms with E-state index in [4.69, 9.17) is 0 Å². The van der Waals surface area contributed by atoms with Crippen LogP contribution >= 0.6 is 15.9 Å². The summed E-state index contributed by atoms with van der Waals surface area (Å²) in [6, 6.07) is 0.745. The van der Waals surface area contributed by atoms with Crippen molar-refractivity contribution >= 4 is 15.9 Å². The van der Waals surface area contributed by atoms with E-state index in [-0.39, 0.29) is 0 Å². The van der Waals surface area contributed by atoms with Crippen molar-refractivity contribution in [3.05, 3.63) is 15.9 Å². The van der Waals surface area contributed by atoms with Gasteiger partial charge in [-0.1, -0.05) is 19.8 Å². The molecule has 1 fully saturated rings. The number of aromatic nitrogens is 2. The topological polar surface area (TPSA) is 21.1 Å². The van der Waals surface area contributed by atoms with Crippen LogP contribution in [0.15, 0.2) is 4.47 Å². The summed E-state index contributed by atoms with van der Waals surface area (Å²) in [5.74, 6) is 0. The van der Waals surface area contributed by atoms with Gasteiger partial charge in [-0.3, -0.25) is 9.58 Å². The molecular weight excluding hydrogens is 302 g/mol. The fraction of sp³-hybridized carbons (Fsp3) is 0.800. The molecule has 0 amide bonds. The molecule has 0 radical (unpaired) electrons. The van der Waals surface area contributed by atoms with Crippen molar-refractivity contribution in [1.29, 1.82) is 0 Å². The monoisotopic (exact) mass is 327 g/mol. The second-order valence-electron chi connectivity index (χ2n) is 5.54. The highest BCUT2D eigenvalue weighted by Crippen LogP contribution is 2.26. The Labute approximate surface area is 125 Å². The van der Waals surface area contributed by atoms with Gasteiger partial charge in [0.05, 0.1) is 15.9 Å². The maximum atomic E-state index is 4.61. The molecule has 0 spiro atoms. The molecule has 1 atom stereocenters. The Morgan fingerprint density at radius 2 is 2.05 bits per heavy atom. The molecule has 0 aromatic carbocycles. The van der Waals surface area contributed by atoms with Crippen molar-refractivity contribution in [2.45, 2.75) is 72.0 Å². The first kappa shape index (κ1) is 15.0. The zero-order chi connectivity index (χ0) is 13.8. The Kier molecular flexibility index (Phi) is 5.46. The second kappa shape index (κ2) is 6.89. The van der Waals surface area contributed by atoms with Crippen molar-refractivity contribution in [3.8, 4) is 0 Å². The highest BCUT2D eigenvalue weighted by atomic mass is 79.9. The SMILES string of the molecule is CCC1CCCCCN1Cc1c(Br)c(C)nn1CC. The summed E-state index contributed by atoms with van der Waals surface area (Å²) >= 11 is 3.72. The Bertz CT molecular complexity index is 414. The first-order chi connectivity index (χ1) is 9.17. The van der Waals surface area contributed by atoms with Crippen LogP contribution in [0.25, 0.3) is 0 Å². The van der Waals surface area contributed by atoms with Gasteiger partial charge in [-0.2, -0.15) is 5.10 Å². The molecule has 1 aliphatic rings. The lowest BCUT2D eigenvalue weighted by atomic mass is 10.1. The first-order valence-electron chi connectivity index (χ1n) is 7.63. The zero-order valence-corrected chi connectivity index (χ0v) is 14.0. The van der Waals surface area contributed by atoms with E-state index >= 15 is 0 Å². The predicted octanol–water partition coefficient (Wildman–Crippen LogP) is 4.13. The lowest BCUT2D eigenvalue weighted by molar-refractivity contribution is 0.180. The molecule has 19 heavy (non-hydrogen) atoms. The van der Waals surface area contributed by atoms with Crippen LogP contribution in [0.2, 0.25) is 0 Å². The van der Waals surface area contributed by atoms with Gasteiger partial charge in [0, 0.05) is 19.1 Å². The van der Waals surface area contributed by atoms with Crippen LogP contribution in [-0.2, 0) is 13.1 Å². The smallest absolute Gasteiger partial charge is 0.0739 e. The van der Waals surface area contributed by atoms with Crippen LogP contribution in [0, 0.1) is 6.92 Å². The molecule has 1 unspecified atom stereocenters. The number of hydrogen-bond acceptors (Lipinski definition) is 2. The van der Waals surface area contributed by atoms with Crippen molar-refractivity contribution in [3.63, 3.8) is 0 Å². The van der Waals surface area contributed by atoms with Gasteiger partial charge in [0.15, 0.2) is 0 Å². The van der Waals surface area contributed by atoms with Gasteiger partial charge in [0.2, 0.25) is 0 Å². The summed E-state index contributed by atoms with van der Waals surface area (Å²) in [6.07, 6.45) is 6.74. The van der Waals surface area contributed by atoms with E-state index in [1.807, 2.05) is 0 Å². The molecule has 0 aliphatic carbocycles. The number of likely N-dealkylation sites (tertiary alicyclic amines) is 1. The molecule has 2 rings (SSSR count). The van der Waals surface area contributed by atoms with E-state index in [1.54, 1.807) is 0 Å². The van der Waals surface area contributed by atoms with Crippen LogP contribution in [0.3, 0.4) is 0 Å². The molecule has 1 aromatic heterocycles. The molecule has 3 nitrogen and oxygen atoms in total. The molecule has 2 heterocycles. The number of nitrogens with zero attached hydrogens (tertiary/aromatic N) is 3. The van der Waals surface area contributed by atoms with E-state index in [0.717, 1.165) is 24.8 Å². The van der Waals surface area contributed by atoms with Gasteiger partial charge < -0.3 is 0 Å². The lowest BCUT2D eigenvalue weighted by Crippen LogP contribution is -2.34. The summed E-state index contributed by atoms with van der Waals surface area (Å²) in [5, 5.41) is 4.61. The molecule has 0 saturated carbocycles. The molecule has 1 aliphatic heterocycles. The van der Waals surface area contributed by atoms with E-state index in [9.17, 15) is 0 Å². The molecular formula is C15H26BrN3. The molecule has 4 heteroatoms. The molecule has 1 aromatic rings. The molecule has 0 N–H and O–H groups in total. The number of halogens is 1. The van der Waals surface area contributed by atoms with Gasteiger partial charge >= 0.3 is 0 Å². The maximum Gasteiger partial charge on any atom is 0.0739 e. The van der Waals surface area contributed by atoms with Crippen LogP contribution in [-0.4, -0.2) is 27.3 Å². The molecule has 1 saturated heterocycles. The number of hydrogen-bond donors (Lipinski definition) is 0. The lowest BCUT2D eigenvalue weighted by Gasteiger charge is -2.29. The van der Waals surface area contributed by atoms with Gasteiger partial charge in [-0.05, 0) is 55.6 Å². The third-order valence-corrected chi connectivity index (χ3v) is 5.31. The minimum atomic E-state index is 0.745. The fourth-order valence-corrected chi connectivity index (χ4v) is 3.53. The highest BCUT2D eigenvalue weighted by Gasteiger charge is 2.22. The second-order valence-corrected chi connectivity index (χ2v) is 6.34. The van der Waals surface area contributed by atoms with Gasteiger partial charge in [-0.15, -0.1) is 0 Å². The van der Waals surface area contributed by atoms with Gasteiger partial charge in [0.1, 0.15) is 0 Å². The van der Waals surface area contributed by atoms with Gasteiger partial charge in [0.25, 0.3) is 0 Å². The minimum Gasteiger partial charge on any atom is -0.295 e.